The van der Waals surface area contributed by atoms with Gasteiger partial charge in [-0.25, -0.2) is 4.39 Å². The second-order valence-electron chi connectivity index (χ2n) is 4.22. The minimum absolute atomic E-state index is 0.175. The van der Waals surface area contributed by atoms with Gasteiger partial charge in [-0.2, -0.15) is 4.57 Å². The second kappa shape index (κ2) is 5.80. The van der Waals surface area contributed by atoms with Gasteiger partial charge in [-0.3, -0.25) is 4.79 Å². The summed E-state index contributed by atoms with van der Waals surface area (Å²) in [5.41, 5.74) is 1.53. The maximum absolute atomic E-state index is 12.9. The van der Waals surface area contributed by atoms with Crippen molar-refractivity contribution in [3.63, 3.8) is 0 Å². The number of nitrogens with zero attached hydrogens (tertiary/aromatic N) is 1. The first-order valence-corrected chi connectivity index (χ1v) is 6.13. The zero-order valence-electron chi connectivity index (χ0n) is 10.4. The summed E-state index contributed by atoms with van der Waals surface area (Å²) in [7, 11) is 0. The third kappa shape index (κ3) is 3.76. The van der Waals surface area contributed by atoms with Crippen molar-refractivity contribution >= 4 is 23.2 Å². The van der Waals surface area contributed by atoms with E-state index in [0.29, 0.717) is 5.69 Å². The first-order valence-electron chi connectivity index (χ1n) is 5.75. The number of nitrogens with one attached hydrogen (secondary N) is 1. The Hall–Kier alpha value is -1.94. The number of rotatable bonds is 3. The summed E-state index contributed by atoms with van der Waals surface area (Å²) in [6, 6.07) is 7.68. The van der Waals surface area contributed by atoms with Gasteiger partial charge in [-0.05, 0) is 30.7 Å². The van der Waals surface area contributed by atoms with Crippen molar-refractivity contribution < 1.29 is 13.8 Å². The Bertz CT molecular complexity index is 599. The van der Waals surface area contributed by atoms with Crippen molar-refractivity contribution in [3.05, 3.63) is 59.1 Å². The molecule has 0 atom stereocenters. The maximum Gasteiger partial charge on any atom is 0.290 e. The molecule has 0 saturated carbocycles. The van der Waals surface area contributed by atoms with Crippen LogP contribution in [-0.2, 0) is 11.3 Å². The molecule has 2 aromatic rings. The summed E-state index contributed by atoms with van der Waals surface area (Å²) < 4.78 is 14.6. The van der Waals surface area contributed by atoms with E-state index in [1.165, 1.54) is 12.1 Å². The fourth-order valence-corrected chi connectivity index (χ4v) is 1.80. The van der Waals surface area contributed by atoms with Gasteiger partial charge >= 0.3 is 0 Å². The van der Waals surface area contributed by atoms with E-state index in [9.17, 15) is 9.18 Å². The molecular weight excluding hydrogens is 267 g/mol. The van der Waals surface area contributed by atoms with Crippen LogP contribution in [0.2, 0.25) is 5.02 Å². The maximum atomic E-state index is 12.9. The molecule has 0 aliphatic rings. The lowest BCUT2D eigenvalue weighted by Crippen LogP contribution is -2.39. The molecule has 1 aromatic carbocycles. The Kier molecular flexibility index (Phi) is 4.12. The highest BCUT2D eigenvalue weighted by molar-refractivity contribution is 6.33. The standard InChI is InChI=1S/C14H12ClFN2O/c1-10-4-6-18(7-5-10)9-14(19)17-13-3-2-11(16)8-12(13)15/h2-8H,9H2,1H3/p+1. The summed E-state index contributed by atoms with van der Waals surface area (Å²) in [5.74, 6) is -0.654. The molecule has 0 bridgehead atoms. The Balaban J connectivity index is 2.03. The van der Waals surface area contributed by atoms with Crippen molar-refractivity contribution in [2.24, 2.45) is 0 Å². The average Bonchev–Trinajstić information content (AvgIpc) is 2.36. The third-order valence-corrected chi connectivity index (χ3v) is 2.90. The normalized spacial score (nSPS) is 10.3. The predicted octanol–water partition coefficient (Wildman–Crippen LogP) is 2.71. The zero-order chi connectivity index (χ0) is 13.8. The topological polar surface area (TPSA) is 33.0 Å². The van der Waals surface area contributed by atoms with Crippen LogP contribution in [0.1, 0.15) is 5.56 Å². The molecule has 1 heterocycles. The van der Waals surface area contributed by atoms with E-state index in [1.54, 1.807) is 4.57 Å². The van der Waals surface area contributed by atoms with E-state index in [-0.39, 0.29) is 17.5 Å². The van der Waals surface area contributed by atoms with E-state index in [4.69, 9.17) is 11.6 Å². The Morgan fingerprint density at radius 3 is 2.63 bits per heavy atom. The van der Waals surface area contributed by atoms with Crippen molar-refractivity contribution in [2.75, 3.05) is 5.32 Å². The highest BCUT2D eigenvalue weighted by Crippen LogP contribution is 2.22. The molecule has 98 valence electrons. The molecule has 3 nitrogen and oxygen atoms in total. The highest BCUT2D eigenvalue weighted by Gasteiger charge is 2.11. The van der Waals surface area contributed by atoms with Crippen LogP contribution in [0.5, 0.6) is 0 Å². The lowest BCUT2D eigenvalue weighted by Gasteiger charge is -2.05. The molecular formula is C14H13ClFN2O+. The predicted molar refractivity (Wildman–Crippen MR) is 71.4 cm³/mol. The lowest BCUT2D eigenvalue weighted by molar-refractivity contribution is -0.684. The number of halogens is 2. The Morgan fingerprint density at radius 1 is 1.32 bits per heavy atom. The summed E-state index contributed by atoms with van der Waals surface area (Å²) in [6.07, 6.45) is 3.64. The fourth-order valence-electron chi connectivity index (χ4n) is 1.58. The monoisotopic (exact) mass is 279 g/mol. The number of anilines is 1. The third-order valence-electron chi connectivity index (χ3n) is 2.59. The average molecular weight is 280 g/mol. The summed E-state index contributed by atoms with van der Waals surface area (Å²) in [6.45, 7) is 2.15. The van der Waals surface area contributed by atoms with Gasteiger partial charge in [0.1, 0.15) is 5.82 Å². The first kappa shape index (κ1) is 13.5. The smallest absolute Gasteiger partial charge is 0.290 e. The van der Waals surface area contributed by atoms with Gasteiger partial charge in [0, 0.05) is 12.1 Å². The number of aryl methyl sites for hydroxylation is 1. The molecule has 1 aromatic heterocycles. The molecule has 19 heavy (non-hydrogen) atoms. The number of amides is 1. The van der Waals surface area contributed by atoms with E-state index < -0.39 is 5.82 Å². The van der Waals surface area contributed by atoms with Gasteiger partial charge in [0.25, 0.3) is 5.91 Å². The summed E-state index contributed by atoms with van der Waals surface area (Å²) in [4.78, 5) is 11.8. The number of pyridine rings is 1. The van der Waals surface area contributed by atoms with Crippen LogP contribution in [-0.4, -0.2) is 5.91 Å². The number of carbonyl (C=O) groups is 1. The van der Waals surface area contributed by atoms with Gasteiger partial charge in [0.2, 0.25) is 6.54 Å². The summed E-state index contributed by atoms with van der Waals surface area (Å²) in [5, 5.41) is 2.82. The molecule has 0 radical (unpaired) electrons. The van der Waals surface area contributed by atoms with Gasteiger partial charge in [-0.1, -0.05) is 11.6 Å². The van der Waals surface area contributed by atoms with Crippen LogP contribution in [0, 0.1) is 12.7 Å². The lowest BCUT2D eigenvalue weighted by atomic mass is 10.3. The number of carbonyl (C=O) groups excluding carboxylic acids is 1. The number of aromatic nitrogens is 1. The Morgan fingerprint density at radius 2 is 2.00 bits per heavy atom. The van der Waals surface area contributed by atoms with Gasteiger partial charge in [0.05, 0.1) is 10.7 Å². The number of hydrogen-bond acceptors (Lipinski definition) is 1. The first-order chi connectivity index (χ1) is 9.04. The van der Waals surface area contributed by atoms with Crippen molar-refractivity contribution in [2.45, 2.75) is 13.5 Å². The highest BCUT2D eigenvalue weighted by atomic mass is 35.5. The minimum atomic E-state index is -0.434. The van der Waals surface area contributed by atoms with E-state index in [0.717, 1.165) is 11.6 Å². The molecule has 1 amide bonds. The van der Waals surface area contributed by atoms with E-state index in [1.807, 2.05) is 31.5 Å². The molecule has 0 saturated heterocycles. The molecule has 2 rings (SSSR count). The quantitative estimate of drug-likeness (QED) is 0.861. The molecule has 5 heteroatoms. The van der Waals surface area contributed by atoms with Crippen LogP contribution in [0.4, 0.5) is 10.1 Å². The zero-order valence-corrected chi connectivity index (χ0v) is 11.1. The number of hydrogen-bond donors (Lipinski definition) is 1. The largest absolute Gasteiger partial charge is 0.319 e. The van der Waals surface area contributed by atoms with Crippen molar-refractivity contribution in [1.82, 2.24) is 0 Å². The molecule has 0 spiro atoms. The van der Waals surface area contributed by atoms with Crippen LogP contribution >= 0.6 is 11.6 Å². The van der Waals surface area contributed by atoms with Crippen LogP contribution in [0.25, 0.3) is 0 Å². The van der Waals surface area contributed by atoms with E-state index >= 15 is 0 Å². The van der Waals surface area contributed by atoms with Crippen LogP contribution in [0.15, 0.2) is 42.7 Å². The summed E-state index contributed by atoms with van der Waals surface area (Å²) >= 11 is 5.84. The molecule has 0 fully saturated rings. The minimum Gasteiger partial charge on any atom is -0.319 e. The second-order valence-corrected chi connectivity index (χ2v) is 4.63. The Labute approximate surface area is 115 Å². The molecule has 0 aliphatic heterocycles. The van der Waals surface area contributed by atoms with Crippen LogP contribution in [0.3, 0.4) is 0 Å². The molecule has 0 unspecified atom stereocenters. The number of benzene rings is 1. The molecule has 1 N–H and O–H groups in total. The van der Waals surface area contributed by atoms with Gasteiger partial charge in [-0.15, -0.1) is 0 Å². The van der Waals surface area contributed by atoms with Crippen molar-refractivity contribution in [3.8, 4) is 0 Å². The van der Waals surface area contributed by atoms with Crippen LogP contribution < -0.4 is 9.88 Å². The fraction of sp³-hybridized carbons (Fsp3) is 0.143. The van der Waals surface area contributed by atoms with Gasteiger partial charge < -0.3 is 5.32 Å². The van der Waals surface area contributed by atoms with Gasteiger partial charge in [0.15, 0.2) is 12.4 Å². The van der Waals surface area contributed by atoms with E-state index in [2.05, 4.69) is 5.32 Å². The van der Waals surface area contributed by atoms with Crippen molar-refractivity contribution in [1.29, 1.82) is 0 Å². The molecule has 0 aliphatic carbocycles. The SMILES string of the molecule is Cc1cc[n+](CC(=O)Nc2ccc(F)cc2Cl)cc1.